The largest absolute Gasteiger partial charge is 0.366 e. The predicted molar refractivity (Wildman–Crippen MR) is 113 cm³/mol. The molecule has 6 heteroatoms. The van der Waals surface area contributed by atoms with Crippen molar-refractivity contribution in [2.24, 2.45) is 11.8 Å². The van der Waals surface area contributed by atoms with Gasteiger partial charge in [-0.2, -0.15) is 0 Å². The van der Waals surface area contributed by atoms with Crippen molar-refractivity contribution in [3.8, 4) is 0 Å². The normalized spacial score (nSPS) is 23.1. The summed E-state index contributed by atoms with van der Waals surface area (Å²) in [6.45, 7) is 6.20. The van der Waals surface area contributed by atoms with Crippen LogP contribution in [0.1, 0.15) is 30.7 Å². The van der Waals surface area contributed by atoms with Crippen LogP contribution in [0.4, 0.5) is 0 Å². The molecule has 1 saturated heterocycles. The fourth-order valence-electron chi connectivity index (χ4n) is 4.29. The lowest BCUT2D eigenvalue weighted by Gasteiger charge is -2.37. The number of hydrogen-bond acceptors (Lipinski definition) is 4. The molecule has 0 aliphatic carbocycles. The zero-order valence-electron chi connectivity index (χ0n) is 16.0. The topological polar surface area (TPSA) is 40.6 Å². The number of halogens is 1. The molecule has 0 bridgehead atoms. The van der Waals surface area contributed by atoms with Crippen LogP contribution in [-0.4, -0.2) is 34.7 Å². The van der Waals surface area contributed by atoms with E-state index >= 15 is 0 Å². The molecule has 28 heavy (non-hydrogen) atoms. The van der Waals surface area contributed by atoms with Gasteiger partial charge in [-0.25, -0.2) is 0 Å². The van der Waals surface area contributed by atoms with Crippen LogP contribution in [0.2, 0.25) is 5.02 Å². The van der Waals surface area contributed by atoms with Gasteiger partial charge in [0.15, 0.2) is 0 Å². The maximum Gasteiger partial charge on any atom is 0.278 e. The maximum atomic E-state index is 13.4. The molecular weight excluding hydrogens is 392 g/mol. The van der Waals surface area contributed by atoms with Crippen LogP contribution >= 0.6 is 22.9 Å². The van der Waals surface area contributed by atoms with E-state index in [0.717, 1.165) is 30.0 Å². The van der Waals surface area contributed by atoms with Crippen molar-refractivity contribution in [3.63, 3.8) is 0 Å². The predicted octanol–water partition coefficient (Wildman–Crippen LogP) is 4.66. The van der Waals surface area contributed by atoms with E-state index in [1.807, 2.05) is 35.7 Å². The zero-order valence-corrected chi connectivity index (χ0v) is 17.6. The van der Waals surface area contributed by atoms with Crippen molar-refractivity contribution < 1.29 is 9.59 Å². The second kappa shape index (κ2) is 7.72. The Morgan fingerprint density at radius 1 is 1.04 bits per heavy atom. The number of amides is 2. The Bertz CT molecular complexity index is 928. The molecule has 2 amide bonds. The van der Waals surface area contributed by atoms with Gasteiger partial charge in [-0.3, -0.25) is 14.5 Å². The molecule has 2 unspecified atom stereocenters. The van der Waals surface area contributed by atoms with E-state index in [1.165, 1.54) is 16.2 Å². The van der Waals surface area contributed by atoms with Crippen LogP contribution in [0.3, 0.4) is 0 Å². The molecule has 1 fully saturated rings. The van der Waals surface area contributed by atoms with Gasteiger partial charge in [0, 0.05) is 23.0 Å². The highest BCUT2D eigenvalue weighted by atomic mass is 35.5. The van der Waals surface area contributed by atoms with Crippen LogP contribution < -0.4 is 0 Å². The monoisotopic (exact) mass is 414 g/mol. The Labute approximate surface area is 174 Å². The fourth-order valence-corrected chi connectivity index (χ4v) is 5.24. The third kappa shape index (κ3) is 3.49. The molecular formula is C22H23ClN2O2S. The van der Waals surface area contributed by atoms with Crippen LogP contribution in [0, 0.1) is 11.8 Å². The minimum atomic E-state index is -0.228. The van der Waals surface area contributed by atoms with Gasteiger partial charge in [0.05, 0.1) is 12.1 Å². The number of benzene rings is 1. The zero-order chi connectivity index (χ0) is 19.8. The summed E-state index contributed by atoms with van der Waals surface area (Å²) in [5.74, 6) is 0.533. The lowest BCUT2D eigenvalue weighted by atomic mass is 9.91. The van der Waals surface area contributed by atoms with Gasteiger partial charge in [-0.1, -0.05) is 49.7 Å². The molecule has 0 radical (unpaired) electrons. The highest BCUT2D eigenvalue weighted by molar-refractivity contribution is 7.11. The van der Waals surface area contributed by atoms with Gasteiger partial charge < -0.3 is 4.90 Å². The van der Waals surface area contributed by atoms with E-state index in [0.29, 0.717) is 28.1 Å². The fraction of sp³-hybridized carbons (Fsp3) is 0.364. The van der Waals surface area contributed by atoms with E-state index in [2.05, 4.69) is 18.7 Å². The smallest absolute Gasteiger partial charge is 0.278 e. The number of carbonyl (C=O) groups excluding carboxylic acids is 2. The highest BCUT2D eigenvalue weighted by Crippen LogP contribution is 2.37. The van der Waals surface area contributed by atoms with Gasteiger partial charge in [0.1, 0.15) is 5.70 Å². The Morgan fingerprint density at radius 3 is 2.39 bits per heavy atom. The third-order valence-electron chi connectivity index (χ3n) is 5.38. The number of piperidine rings is 1. The molecule has 0 saturated carbocycles. The first-order valence-corrected chi connectivity index (χ1v) is 10.8. The van der Waals surface area contributed by atoms with Gasteiger partial charge in [0.2, 0.25) is 0 Å². The van der Waals surface area contributed by atoms with E-state index in [9.17, 15) is 9.59 Å². The number of imide groups is 1. The first-order chi connectivity index (χ1) is 13.5. The van der Waals surface area contributed by atoms with E-state index in [-0.39, 0.29) is 18.4 Å². The molecule has 0 N–H and O–H groups in total. The minimum absolute atomic E-state index is 0.189. The first-order valence-electron chi connectivity index (χ1n) is 9.58. The molecule has 0 spiro atoms. The third-order valence-corrected chi connectivity index (χ3v) is 6.64. The first kappa shape index (κ1) is 19.2. The summed E-state index contributed by atoms with van der Waals surface area (Å²) in [6, 6.07) is 11.2. The Morgan fingerprint density at radius 2 is 1.75 bits per heavy atom. The standard InChI is InChI=1S/C22H23ClN2O2S/c1-14-10-15(2)12-24(11-14)20-19(18-8-5-9-28-18)21(26)25(22(20)27)13-16-6-3-4-7-17(16)23/h3-9,14-15H,10-13H2,1-2H3. The lowest BCUT2D eigenvalue weighted by molar-refractivity contribution is -0.138. The summed E-state index contributed by atoms with van der Waals surface area (Å²) in [5.41, 5.74) is 1.87. The Hall–Kier alpha value is -2.11. The Kier molecular flexibility index (Phi) is 5.30. The number of hydrogen-bond donors (Lipinski definition) is 0. The summed E-state index contributed by atoms with van der Waals surface area (Å²) in [7, 11) is 0. The molecule has 4 rings (SSSR count). The second-order valence-corrected chi connectivity index (χ2v) is 9.19. The van der Waals surface area contributed by atoms with Crippen molar-refractivity contribution in [1.29, 1.82) is 0 Å². The second-order valence-electron chi connectivity index (χ2n) is 7.84. The van der Waals surface area contributed by atoms with E-state index in [4.69, 9.17) is 11.6 Å². The van der Waals surface area contributed by atoms with E-state index < -0.39 is 0 Å². The quantitative estimate of drug-likeness (QED) is 0.683. The van der Waals surface area contributed by atoms with Crippen molar-refractivity contribution in [1.82, 2.24) is 9.80 Å². The van der Waals surface area contributed by atoms with Crippen LogP contribution in [0.15, 0.2) is 47.5 Å². The lowest BCUT2D eigenvalue weighted by Crippen LogP contribution is -2.41. The average Bonchev–Trinajstić information content (AvgIpc) is 3.24. The van der Waals surface area contributed by atoms with Crippen molar-refractivity contribution in [3.05, 3.63) is 62.9 Å². The van der Waals surface area contributed by atoms with Gasteiger partial charge >= 0.3 is 0 Å². The molecule has 1 aromatic carbocycles. The van der Waals surface area contributed by atoms with E-state index in [1.54, 1.807) is 6.07 Å². The molecule has 2 atom stereocenters. The maximum absolute atomic E-state index is 13.4. The van der Waals surface area contributed by atoms with Crippen LogP contribution in [-0.2, 0) is 16.1 Å². The summed E-state index contributed by atoms with van der Waals surface area (Å²) < 4.78 is 0. The summed E-state index contributed by atoms with van der Waals surface area (Å²) in [4.78, 5) is 31.1. The van der Waals surface area contributed by atoms with Crippen molar-refractivity contribution in [2.45, 2.75) is 26.8 Å². The SMILES string of the molecule is CC1CC(C)CN(C2=C(c3cccs3)C(=O)N(Cc3ccccc3Cl)C2=O)C1. The number of thiophene rings is 1. The van der Waals surface area contributed by atoms with Crippen LogP contribution in [0.5, 0.6) is 0 Å². The number of nitrogens with zero attached hydrogens (tertiary/aromatic N) is 2. The number of likely N-dealkylation sites (tertiary alicyclic amines) is 1. The highest BCUT2D eigenvalue weighted by Gasteiger charge is 2.43. The minimum Gasteiger partial charge on any atom is -0.366 e. The molecule has 2 aliphatic rings. The number of carbonyl (C=O) groups is 2. The molecule has 2 aliphatic heterocycles. The Balaban J connectivity index is 1.73. The van der Waals surface area contributed by atoms with Gasteiger partial charge in [0.25, 0.3) is 11.8 Å². The summed E-state index contributed by atoms with van der Waals surface area (Å²) >= 11 is 7.78. The summed E-state index contributed by atoms with van der Waals surface area (Å²) in [5, 5.41) is 2.50. The summed E-state index contributed by atoms with van der Waals surface area (Å²) in [6.07, 6.45) is 1.14. The van der Waals surface area contributed by atoms with Gasteiger partial charge in [-0.05, 0) is 41.3 Å². The average molecular weight is 415 g/mol. The van der Waals surface area contributed by atoms with Crippen molar-refractivity contribution in [2.75, 3.05) is 13.1 Å². The molecule has 3 heterocycles. The number of rotatable bonds is 4. The molecule has 146 valence electrons. The molecule has 1 aromatic heterocycles. The van der Waals surface area contributed by atoms with Gasteiger partial charge in [-0.15, -0.1) is 11.3 Å². The van der Waals surface area contributed by atoms with Crippen molar-refractivity contribution >= 4 is 40.3 Å². The molecule has 4 nitrogen and oxygen atoms in total. The van der Waals surface area contributed by atoms with Crippen LogP contribution in [0.25, 0.3) is 5.57 Å². The molecule has 2 aromatic rings.